The minimum absolute atomic E-state index is 0.0963. The van der Waals surface area contributed by atoms with Gasteiger partial charge in [-0.05, 0) is 53.8 Å². The average Bonchev–Trinajstić information content (AvgIpc) is 3.09. The van der Waals surface area contributed by atoms with E-state index in [9.17, 15) is 4.79 Å². The molecule has 3 aromatic rings. The molecule has 0 aromatic heterocycles. The smallest absolute Gasteiger partial charge is 0.253 e. The third-order valence-electron chi connectivity index (χ3n) is 4.71. The van der Waals surface area contributed by atoms with Crippen molar-refractivity contribution in [2.75, 3.05) is 0 Å². The molecular weight excluding hydrogens is 340 g/mol. The van der Waals surface area contributed by atoms with Crippen molar-refractivity contribution in [1.29, 1.82) is 0 Å². The maximum absolute atomic E-state index is 12.3. The van der Waals surface area contributed by atoms with Gasteiger partial charge in [-0.1, -0.05) is 48.5 Å². The lowest BCUT2D eigenvalue weighted by atomic mass is 10.0. The molecular formula is C22H20N2OS. The van der Waals surface area contributed by atoms with Crippen LogP contribution in [0.25, 0.3) is 10.8 Å². The maximum Gasteiger partial charge on any atom is 0.253 e. The van der Waals surface area contributed by atoms with Crippen LogP contribution in [0.3, 0.4) is 0 Å². The van der Waals surface area contributed by atoms with Crippen LogP contribution in [0.15, 0.2) is 70.7 Å². The van der Waals surface area contributed by atoms with Crippen molar-refractivity contribution in [2.45, 2.75) is 29.9 Å². The first-order valence-corrected chi connectivity index (χ1v) is 9.68. The van der Waals surface area contributed by atoms with E-state index in [4.69, 9.17) is 0 Å². The summed E-state index contributed by atoms with van der Waals surface area (Å²) < 4.78 is 0. The van der Waals surface area contributed by atoms with Crippen molar-refractivity contribution < 1.29 is 4.79 Å². The second-order valence-corrected chi connectivity index (χ2v) is 7.88. The van der Waals surface area contributed by atoms with Crippen LogP contribution in [-0.4, -0.2) is 17.4 Å². The Bertz CT molecular complexity index is 972. The highest BCUT2D eigenvalue weighted by atomic mass is 32.2. The predicted octanol–water partition coefficient (Wildman–Crippen LogP) is 4.57. The fraction of sp³-hybridized carbons (Fsp3) is 0.182. The first kappa shape index (κ1) is 16.9. The lowest BCUT2D eigenvalue weighted by molar-refractivity contribution is -0.120. The summed E-state index contributed by atoms with van der Waals surface area (Å²) in [7, 11) is 0. The quantitative estimate of drug-likeness (QED) is 0.411. The Kier molecular flexibility index (Phi) is 4.76. The zero-order chi connectivity index (χ0) is 17.9. The van der Waals surface area contributed by atoms with E-state index < -0.39 is 0 Å². The number of hydrogen-bond donors (Lipinski definition) is 1. The van der Waals surface area contributed by atoms with Gasteiger partial charge < -0.3 is 0 Å². The van der Waals surface area contributed by atoms with Gasteiger partial charge in [-0.15, -0.1) is 11.8 Å². The summed E-state index contributed by atoms with van der Waals surface area (Å²) in [5.74, 6) is -0.0963. The standard InChI is InChI=1S/C22H20N2OS/c1-15(26-19-7-3-2-4-8-19)22(25)24-23-14-18-13-12-17-11-10-16-6-5-9-20(18)21(16)17/h2-9,12-15H,10-11H2,1H3,(H,24,25)/b23-14-/t15-/m1/s1. The highest BCUT2D eigenvalue weighted by Gasteiger charge is 2.16. The Hall–Kier alpha value is -2.59. The predicted molar refractivity (Wildman–Crippen MR) is 109 cm³/mol. The van der Waals surface area contributed by atoms with Crippen molar-refractivity contribution in [3.8, 4) is 0 Å². The van der Waals surface area contributed by atoms with Crippen LogP contribution in [0, 0.1) is 0 Å². The molecule has 3 aromatic carbocycles. The molecule has 0 spiro atoms. The van der Waals surface area contributed by atoms with Gasteiger partial charge in [-0.25, -0.2) is 5.43 Å². The van der Waals surface area contributed by atoms with Crippen LogP contribution in [0.5, 0.6) is 0 Å². The molecule has 1 aliphatic rings. The number of carbonyl (C=O) groups is 1. The molecule has 0 saturated carbocycles. The fourth-order valence-electron chi connectivity index (χ4n) is 3.40. The Morgan fingerprint density at radius 3 is 2.62 bits per heavy atom. The first-order chi connectivity index (χ1) is 12.7. The SMILES string of the molecule is C[C@@H](Sc1ccccc1)C(=O)N/N=C\c1ccc2c3c(cccc13)CC2. The Balaban J connectivity index is 1.46. The third kappa shape index (κ3) is 3.37. The van der Waals surface area contributed by atoms with Crippen molar-refractivity contribution in [2.24, 2.45) is 5.10 Å². The molecule has 26 heavy (non-hydrogen) atoms. The Labute approximate surface area is 157 Å². The molecule has 0 heterocycles. The van der Waals surface area contributed by atoms with E-state index in [2.05, 4.69) is 40.9 Å². The van der Waals surface area contributed by atoms with Gasteiger partial charge in [-0.2, -0.15) is 5.10 Å². The van der Waals surface area contributed by atoms with E-state index in [0.717, 1.165) is 23.3 Å². The van der Waals surface area contributed by atoms with Gasteiger partial charge in [0.1, 0.15) is 0 Å². The molecule has 1 amide bonds. The van der Waals surface area contributed by atoms with Crippen LogP contribution in [-0.2, 0) is 17.6 Å². The van der Waals surface area contributed by atoms with Crippen molar-refractivity contribution in [3.63, 3.8) is 0 Å². The van der Waals surface area contributed by atoms with Gasteiger partial charge >= 0.3 is 0 Å². The number of rotatable bonds is 5. The van der Waals surface area contributed by atoms with E-state index in [1.54, 1.807) is 6.21 Å². The number of nitrogens with zero attached hydrogens (tertiary/aromatic N) is 1. The van der Waals surface area contributed by atoms with Crippen LogP contribution in [0.4, 0.5) is 0 Å². The van der Waals surface area contributed by atoms with Crippen LogP contribution in [0.2, 0.25) is 0 Å². The Morgan fingerprint density at radius 1 is 1.04 bits per heavy atom. The molecule has 0 fully saturated rings. The number of benzene rings is 3. The summed E-state index contributed by atoms with van der Waals surface area (Å²) in [5, 5.41) is 6.56. The number of nitrogens with one attached hydrogen (secondary N) is 1. The molecule has 130 valence electrons. The molecule has 0 radical (unpaired) electrons. The fourth-order valence-corrected chi connectivity index (χ4v) is 4.28. The minimum Gasteiger partial charge on any atom is -0.272 e. The monoisotopic (exact) mass is 360 g/mol. The number of carbonyl (C=O) groups excluding carboxylic acids is 1. The van der Waals surface area contributed by atoms with Gasteiger partial charge in [0.2, 0.25) is 0 Å². The lowest BCUT2D eigenvalue weighted by Gasteiger charge is -2.09. The summed E-state index contributed by atoms with van der Waals surface area (Å²) in [6, 6.07) is 20.6. The van der Waals surface area contributed by atoms with Gasteiger partial charge in [-0.3, -0.25) is 4.79 Å². The van der Waals surface area contributed by atoms with Gasteiger partial charge in [0.25, 0.3) is 5.91 Å². The summed E-state index contributed by atoms with van der Waals surface area (Å²) >= 11 is 1.53. The van der Waals surface area contributed by atoms with Gasteiger partial charge in [0.15, 0.2) is 0 Å². The van der Waals surface area contributed by atoms with Crippen molar-refractivity contribution >= 4 is 34.7 Å². The summed E-state index contributed by atoms with van der Waals surface area (Å²) in [4.78, 5) is 13.3. The zero-order valence-corrected chi connectivity index (χ0v) is 15.4. The molecule has 1 atom stereocenters. The zero-order valence-electron chi connectivity index (χ0n) is 14.6. The molecule has 0 unspecified atom stereocenters. The third-order valence-corrected chi connectivity index (χ3v) is 5.83. The minimum atomic E-state index is -0.206. The van der Waals surface area contributed by atoms with Crippen LogP contribution < -0.4 is 5.43 Å². The second-order valence-electron chi connectivity index (χ2n) is 6.46. The van der Waals surface area contributed by atoms with E-state index in [0.29, 0.717) is 0 Å². The van der Waals surface area contributed by atoms with E-state index in [-0.39, 0.29) is 11.2 Å². The molecule has 0 saturated heterocycles. The van der Waals surface area contributed by atoms with Crippen molar-refractivity contribution in [1.82, 2.24) is 5.43 Å². The summed E-state index contributed by atoms with van der Waals surface area (Å²) in [6.07, 6.45) is 3.97. The van der Waals surface area contributed by atoms with E-state index in [1.807, 2.05) is 37.3 Å². The molecule has 4 heteroatoms. The summed E-state index contributed by atoms with van der Waals surface area (Å²) in [5.41, 5.74) is 6.52. The normalized spacial score (nSPS) is 14.0. The largest absolute Gasteiger partial charge is 0.272 e. The highest BCUT2D eigenvalue weighted by Crippen LogP contribution is 2.32. The van der Waals surface area contributed by atoms with Crippen molar-refractivity contribution in [3.05, 3.63) is 77.4 Å². The van der Waals surface area contributed by atoms with Crippen LogP contribution >= 0.6 is 11.8 Å². The maximum atomic E-state index is 12.3. The van der Waals surface area contributed by atoms with Gasteiger partial charge in [0, 0.05) is 10.5 Å². The topological polar surface area (TPSA) is 41.5 Å². The molecule has 1 N–H and O–H groups in total. The molecule has 0 bridgehead atoms. The number of hydrazone groups is 1. The average molecular weight is 360 g/mol. The first-order valence-electron chi connectivity index (χ1n) is 8.80. The molecule has 4 rings (SSSR count). The van der Waals surface area contributed by atoms with Gasteiger partial charge in [0.05, 0.1) is 11.5 Å². The van der Waals surface area contributed by atoms with Crippen LogP contribution in [0.1, 0.15) is 23.6 Å². The number of hydrogen-bond acceptors (Lipinski definition) is 3. The lowest BCUT2D eigenvalue weighted by Crippen LogP contribution is -2.26. The second kappa shape index (κ2) is 7.34. The number of thioether (sulfide) groups is 1. The summed E-state index contributed by atoms with van der Waals surface area (Å²) in [6.45, 7) is 1.89. The molecule has 1 aliphatic carbocycles. The number of aryl methyl sites for hydroxylation is 2. The molecule has 3 nitrogen and oxygen atoms in total. The van der Waals surface area contributed by atoms with E-state index in [1.165, 1.54) is 33.7 Å². The van der Waals surface area contributed by atoms with E-state index >= 15 is 0 Å². The highest BCUT2D eigenvalue weighted by molar-refractivity contribution is 8.00. The molecule has 0 aliphatic heterocycles. The number of amides is 1. The Morgan fingerprint density at radius 2 is 1.81 bits per heavy atom.